The van der Waals surface area contributed by atoms with Gasteiger partial charge >= 0.3 is 5.97 Å². The Balaban J connectivity index is 2.15. The molecule has 1 aromatic carbocycles. The number of carbonyl (C=O) groups is 2. The van der Waals surface area contributed by atoms with Crippen molar-refractivity contribution in [1.82, 2.24) is 5.06 Å². The van der Waals surface area contributed by atoms with E-state index in [2.05, 4.69) is 0 Å². The van der Waals surface area contributed by atoms with Gasteiger partial charge in [-0.3, -0.25) is 14.4 Å². The number of hydrogen-bond donors (Lipinski definition) is 1. The lowest BCUT2D eigenvalue weighted by molar-refractivity contribution is -0.177. The zero-order chi connectivity index (χ0) is 13.9. The van der Waals surface area contributed by atoms with Crippen molar-refractivity contribution in [1.29, 1.82) is 0 Å². The molecule has 0 radical (unpaired) electrons. The van der Waals surface area contributed by atoms with Crippen molar-refractivity contribution in [3.63, 3.8) is 0 Å². The van der Waals surface area contributed by atoms with Gasteiger partial charge in [0.1, 0.15) is 6.61 Å². The van der Waals surface area contributed by atoms with Crippen LogP contribution >= 0.6 is 0 Å². The third-order valence-corrected chi connectivity index (χ3v) is 2.63. The largest absolute Gasteiger partial charge is 0.481 e. The molecule has 0 saturated heterocycles. The summed E-state index contributed by atoms with van der Waals surface area (Å²) in [5.41, 5.74) is 1.00. The van der Waals surface area contributed by atoms with Crippen LogP contribution in [0.3, 0.4) is 0 Å². The summed E-state index contributed by atoms with van der Waals surface area (Å²) >= 11 is 0. The molecule has 1 N–H and O–H groups in total. The number of carboxylic acids is 1. The van der Waals surface area contributed by atoms with E-state index in [1.165, 1.54) is 5.06 Å². The average Bonchev–Trinajstić information content (AvgIpc) is 2.42. The topological polar surface area (TPSA) is 66.8 Å². The number of aliphatic carboxylic acids is 1. The fraction of sp³-hybridized carbons (Fsp3) is 0.429. The van der Waals surface area contributed by atoms with Gasteiger partial charge in [0.05, 0.1) is 0 Å². The molecule has 1 rings (SSSR count). The number of unbranched alkanes of at least 4 members (excludes halogenated alkanes) is 2. The lowest BCUT2D eigenvalue weighted by atomic mass is 10.2. The van der Waals surface area contributed by atoms with Crippen LogP contribution in [0.2, 0.25) is 0 Å². The van der Waals surface area contributed by atoms with E-state index in [-0.39, 0.29) is 6.42 Å². The van der Waals surface area contributed by atoms with Crippen molar-refractivity contribution >= 4 is 12.4 Å². The van der Waals surface area contributed by atoms with E-state index in [1.807, 2.05) is 30.3 Å². The number of hydrogen-bond acceptors (Lipinski definition) is 3. The first-order chi connectivity index (χ1) is 9.22. The summed E-state index contributed by atoms with van der Waals surface area (Å²) in [5.74, 6) is -0.785. The number of rotatable bonds is 10. The second-order valence-electron chi connectivity index (χ2n) is 4.21. The Bertz CT molecular complexity index is 380. The molecule has 0 spiro atoms. The summed E-state index contributed by atoms with van der Waals surface area (Å²) in [6, 6.07) is 9.60. The molecule has 5 nitrogen and oxygen atoms in total. The predicted octanol–water partition coefficient (Wildman–Crippen LogP) is 2.22. The first kappa shape index (κ1) is 15.2. The van der Waals surface area contributed by atoms with Gasteiger partial charge in [0.15, 0.2) is 0 Å². The average molecular weight is 265 g/mol. The number of carboxylic acid groups (broad SMARTS) is 1. The maximum absolute atomic E-state index is 10.8. The smallest absolute Gasteiger partial charge is 0.303 e. The van der Waals surface area contributed by atoms with Crippen LogP contribution in [0.4, 0.5) is 0 Å². The molecule has 0 aliphatic carbocycles. The summed E-state index contributed by atoms with van der Waals surface area (Å²) in [6.07, 6.45) is 2.96. The second-order valence-corrected chi connectivity index (χ2v) is 4.21. The molecule has 0 aliphatic rings. The highest BCUT2D eigenvalue weighted by Gasteiger charge is 2.03. The molecule has 19 heavy (non-hydrogen) atoms. The Hall–Kier alpha value is -1.88. The molecular weight excluding hydrogens is 246 g/mol. The van der Waals surface area contributed by atoms with E-state index >= 15 is 0 Å². The van der Waals surface area contributed by atoms with Crippen LogP contribution in [0.1, 0.15) is 31.2 Å². The van der Waals surface area contributed by atoms with Crippen molar-refractivity contribution in [2.45, 2.75) is 32.3 Å². The van der Waals surface area contributed by atoms with Gasteiger partial charge in [-0.25, -0.2) is 5.06 Å². The molecule has 0 aromatic heterocycles. The Morgan fingerprint density at radius 1 is 1.21 bits per heavy atom. The van der Waals surface area contributed by atoms with Crippen molar-refractivity contribution in [2.75, 3.05) is 6.54 Å². The predicted molar refractivity (Wildman–Crippen MR) is 70.1 cm³/mol. The van der Waals surface area contributed by atoms with E-state index in [9.17, 15) is 9.59 Å². The van der Waals surface area contributed by atoms with Crippen molar-refractivity contribution in [3.05, 3.63) is 35.9 Å². The standard InChI is InChI=1S/C14H19NO4/c16-12-15(10-6-2-5-9-14(17)18)19-11-13-7-3-1-4-8-13/h1,3-4,7-8,12H,2,5-6,9-11H2,(H,17,18). The molecule has 0 heterocycles. The number of hydroxylamine groups is 2. The Morgan fingerprint density at radius 3 is 2.58 bits per heavy atom. The van der Waals surface area contributed by atoms with Crippen LogP contribution in [0.25, 0.3) is 0 Å². The van der Waals surface area contributed by atoms with E-state index in [4.69, 9.17) is 9.94 Å². The fourth-order valence-electron chi connectivity index (χ4n) is 1.60. The summed E-state index contributed by atoms with van der Waals surface area (Å²) in [6.45, 7) is 0.838. The molecule has 1 aromatic rings. The molecule has 0 fully saturated rings. The quantitative estimate of drug-likeness (QED) is 0.400. The summed E-state index contributed by atoms with van der Waals surface area (Å²) in [5, 5.41) is 9.74. The van der Waals surface area contributed by atoms with Gasteiger partial charge in [-0.2, -0.15) is 0 Å². The minimum atomic E-state index is -0.785. The van der Waals surface area contributed by atoms with E-state index < -0.39 is 5.97 Å². The van der Waals surface area contributed by atoms with Gasteiger partial charge in [0.25, 0.3) is 0 Å². The Kier molecular flexibility index (Phi) is 7.27. The lowest BCUT2D eigenvalue weighted by Crippen LogP contribution is -2.23. The van der Waals surface area contributed by atoms with Gasteiger partial charge in [0, 0.05) is 13.0 Å². The van der Waals surface area contributed by atoms with Crippen LogP contribution in [-0.4, -0.2) is 29.1 Å². The van der Waals surface area contributed by atoms with Gasteiger partial charge in [-0.05, 0) is 18.4 Å². The highest BCUT2D eigenvalue weighted by Crippen LogP contribution is 2.05. The SMILES string of the molecule is O=CN(CCCCCC(=O)O)OCc1ccccc1. The molecule has 0 bridgehead atoms. The first-order valence-corrected chi connectivity index (χ1v) is 6.33. The lowest BCUT2D eigenvalue weighted by Gasteiger charge is -2.16. The summed E-state index contributed by atoms with van der Waals surface area (Å²) < 4.78 is 0. The Morgan fingerprint density at radius 2 is 1.95 bits per heavy atom. The highest BCUT2D eigenvalue weighted by molar-refractivity contribution is 5.66. The van der Waals surface area contributed by atoms with Crippen LogP contribution < -0.4 is 0 Å². The molecule has 0 atom stereocenters. The van der Waals surface area contributed by atoms with E-state index in [1.54, 1.807) is 0 Å². The molecular formula is C14H19NO4. The molecule has 5 heteroatoms. The maximum atomic E-state index is 10.8. The van der Waals surface area contributed by atoms with Crippen LogP contribution in [-0.2, 0) is 21.0 Å². The molecule has 104 valence electrons. The highest BCUT2D eigenvalue weighted by atomic mass is 16.7. The Labute approximate surface area is 112 Å². The number of nitrogens with zero attached hydrogens (tertiary/aromatic N) is 1. The number of amides is 1. The van der Waals surface area contributed by atoms with Crippen molar-refractivity contribution in [2.24, 2.45) is 0 Å². The minimum Gasteiger partial charge on any atom is -0.481 e. The normalized spacial score (nSPS) is 10.1. The molecule has 0 aliphatic heterocycles. The van der Waals surface area contributed by atoms with Crippen LogP contribution in [0, 0.1) is 0 Å². The van der Waals surface area contributed by atoms with Gasteiger partial charge in [-0.1, -0.05) is 36.8 Å². The zero-order valence-corrected chi connectivity index (χ0v) is 10.8. The first-order valence-electron chi connectivity index (χ1n) is 6.33. The maximum Gasteiger partial charge on any atom is 0.303 e. The van der Waals surface area contributed by atoms with Crippen LogP contribution in [0.5, 0.6) is 0 Å². The van der Waals surface area contributed by atoms with Gasteiger partial charge < -0.3 is 5.11 Å². The molecule has 0 unspecified atom stereocenters. The number of carbonyl (C=O) groups excluding carboxylic acids is 1. The third kappa shape index (κ3) is 7.21. The zero-order valence-electron chi connectivity index (χ0n) is 10.8. The third-order valence-electron chi connectivity index (χ3n) is 2.63. The monoisotopic (exact) mass is 265 g/mol. The van der Waals surface area contributed by atoms with Crippen molar-refractivity contribution in [3.8, 4) is 0 Å². The fourth-order valence-corrected chi connectivity index (χ4v) is 1.60. The van der Waals surface area contributed by atoms with E-state index in [0.717, 1.165) is 18.4 Å². The molecule has 1 amide bonds. The van der Waals surface area contributed by atoms with Crippen LogP contribution in [0.15, 0.2) is 30.3 Å². The van der Waals surface area contributed by atoms with Gasteiger partial charge in [-0.15, -0.1) is 0 Å². The minimum absolute atomic E-state index is 0.173. The van der Waals surface area contributed by atoms with Gasteiger partial charge in [0.2, 0.25) is 6.41 Å². The summed E-state index contributed by atoms with van der Waals surface area (Å²) in [4.78, 5) is 26.5. The summed E-state index contributed by atoms with van der Waals surface area (Å²) in [7, 11) is 0. The molecule has 0 saturated carbocycles. The second kappa shape index (κ2) is 9.10. The van der Waals surface area contributed by atoms with E-state index in [0.29, 0.717) is 26.0 Å². The number of benzene rings is 1. The van der Waals surface area contributed by atoms with Crippen molar-refractivity contribution < 1.29 is 19.5 Å².